The largest absolute Gasteiger partial charge is 0.457 e. The van der Waals surface area contributed by atoms with Gasteiger partial charge in [0.1, 0.15) is 11.5 Å². The quantitative estimate of drug-likeness (QED) is 0.875. The van der Waals surface area contributed by atoms with Crippen molar-refractivity contribution in [3.05, 3.63) is 57.6 Å². The molecule has 0 heterocycles. The van der Waals surface area contributed by atoms with Crippen molar-refractivity contribution < 1.29 is 4.74 Å². The summed E-state index contributed by atoms with van der Waals surface area (Å²) in [5, 5.41) is 0. The summed E-state index contributed by atoms with van der Waals surface area (Å²) in [6, 6.07) is 12.1. The zero-order valence-electron chi connectivity index (χ0n) is 11.4. The van der Waals surface area contributed by atoms with Crippen LogP contribution < -0.4 is 10.5 Å². The first-order valence-corrected chi connectivity index (χ1v) is 7.06. The van der Waals surface area contributed by atoms with Crippen molar-refractivity contribution in [2.45, 2.75) is 26.8 Å². The van der Waals surface area contributed by atoms with Gasteiger partial charge in [-0.3, -0.25) is 0 Å². The van der Waals surface area contributed by atoms with Crippen LogP contribution in [-0.4, -0.2) is 0 Å². The Hall–Kier alpha value is -1.32. The Bertz CT molecular complexity index is 573. The van der Waals surface area contributed by atoms with Crippen LogP contribution >= 0.6 is 15.9 Å². The highest BCUT2D eigenvalue weighted by molar-refractivity contribution is 9.10. The van der Waals surface area contributed by atoms with E-state index in [1.165, 1.54) is 11.1 Å². The van der Waals surface area contributed by atoms with Crippen LogP contribution in [0.1, 0.15) is 29.7 Å². The number of ether oxygens (including phenoxy) is 1. The standard InChI is InChI=1S/C16H18BrNO/c1-10-6-11(2)8-14(7-10)19-13-4-5-15(12(3)18)16(17)9-13/h4-9,12H,18H2,1-3H3/t12-/m0/s1. The molecule has 0 radical (unpaired) electrons. The fraction of sp³-hybridized carbons (Fsp3) is 0.250. The molecule has 19 heavy (non-hydrogen) atoms. The maximum atomic E-state index is 5.89. The van der Waals surface area contributed by atoms with Gasteiger partial charge in [0.2, 0.25) is 0 Å². The fourth-order valence-electron chi connectivity index (χ4n) is 2.07. The van der Waals surface area contributed by atoms with Crippen molar-refractivity contribution in [3.8, 4) is 11.5 Å². The maximum Gasteiger partial charge on any atom is 0.128 e. The summed E-state index contributed by atoms with van der Waals surface area (Å²) in [7, 11) is 0. The second kappa shape index (κ2) is 5.76. The minimum Gasteiger partial charge on any atom is -0.457 e. The fourth-order valence-corrected chi connectivity index (χ4v) is 2.79. The molecule has 100 valence electrons. The molecule has 2 aromatic rings. The van der Waals surface area contributed by atoms with Gasteiger partial charge in [-0.25, -0.2) is 0 Å². The molecule has 2 rings (SSSR count). The van der Waals surface area contributed by atoms with Crippen LogP contribution in [0.5, 0.6) is 11.5 Å². The Morgan fingerprint density at radius 1 is 1.00 bits per heavy atom. The highest BCUT2D eigenvalue weighted by Gasteiger charge is 2.07. The Morgan fingerprint density at radius 3 is 2.16 bits per heavy atom. The van der Waals surface area contributed by atoms with Crippen LogP contribution in [0, 0.1) is 13.8 Å². The lowest BCUT2D eigenvalue weighted by molar-refractivity contribution is 0.481. The predicted molar refractivity (Wildman–Crippen MR) is 82.7 cm³/mol. The molecule has 0 unspecified atom stereocenters. The van der Waals surface area contributed by atoms with Crippen LogP contribution in [0.2, 0.25) is 0 Å². The molecule has 2 nitrogen and oxygen atoms in total. The molecule has 2 N–H and O–H groups in total. The average Bonchev–Trinajstić information content (AvgIpc) is 2.26. The first-order chi connectivity index (χ1) is 8.95. The minimum atomic E-state index is 0.00430. The molecule has 0 aliphatic rings. The van der Waals surface area contributed by atoms with E-state index in [1.54, 1.807) is 0 Å². The maximum absolute atomic E-state index is 5.89. The SMILES string of the molecule is Cc1cc(C)cc(Oc2ccc([C@H](C)N)c(Br)c2)c1. The summed E-state index contributed by atoms with van der Waals surface area (Å²) < 4.78 is 6.86. The molecule has 0 bridgehead atoms. The third-order valence-corrected chi connectivity index (χ3v) is 3.58. The van der Waals surface area contributed by atoms with Crippen molar-refractivity contribution in [1.29, 1.82) is 0 Å². The average molecular weight is 320 g/mol. The van der Waals surface area contributed by atoms with E-state index in [-0.39, 0.29) is 6.04 Å². The Balaban J connectivity index is 2.26. The molecule has 1 atom stereocenters. The van der Waals surface area contributed by atoms with E-state index in [0.717, 1.165) is 21.5 Å². The molecule has 3 heteroatoms. The highest BCUT2D eigenvalue weighted by atomic mass is 79.9. The smallest absolute Gasteiger partial charge is 0.128 e. The number of hydrogen-bond acceptors (Lipinski definition) is 2. The summed E-state index contributed by atoms with van der Waals surface area (Å²) >= 11 is 3.53. The van der Waals surface area contributed by atoms with Gasteiger partial charge in [0.15, 0.2) is 0 Å². The van der Waals surface area contributed by atoms with Crippen molar-refractivity contribution in [2.24, 2.45) is 5.73 Å². The monoisotopic (exact) mass is 319 g/mol. The zero-order valence-corrected chi connectivity index (χ0v) is 13.0. The van der Waals surface area contributed by atoms with Crippen molar-refractivity contribution in [1.82, 2.24) is 0 Å². The van der Waals surface area contributed by atoms with E-state index in [4.69, 9.17) is 10.5 Å². The molecule has 0 spiro atoms. The van der Waals surface area contributed by atoms with Crippen molar-refractivity contribution >= 4 is 15.9 Å². The second-order valence-corrected chi connectivity index (χ2v) is 5.75. The van der Waals surface area contributed by atoms with E-state index >= 15 is 0 Å². The molecule has 2 aromatic carbocycles. The molecular weight excluding hydrogens is 302 g/mol. The first-order valence-electron chi connectivity index (χ1n) is 6.27. The number of aryl methyl sites for hydroxylation is 2. The number of halogens is 1. The Morgan fingerprint density at radius 2 is 1.63 bits per heavy atom. The normalized spacial score (nSPS) is 12.3. The highest BCUT2D eigenvalue weighted by Crippen LogP contribution is 2.30. The second-order valence-electron chi connectivity index (χ2n) is 4.90. The van der Waals surface area contributed by atoms with Crippen LogP contribution in [0.15, 0.2) is 40.9 Å². The van der Waals surface area contributed by atoms with E-state index in [1.807, 2.05) is 37.3 Å². The molecule has 0 aromatic heterocycles. The van der Waals surface area contributed by atoms with Gasteiger partial charge in [-0.15, -0.1) is 0 Å². The molecule has 0 fully saturated rings. The summed E-state index contributed by atoms with van der Waals surface area (Å²) in [6.45, 7) is 6.09. The lowest BCUT2D eigenvalue weighted by atomic mass is 10.1. The van der Waals surface area contributed by atoms with Crippen LogP contribution in [0.3, 0.4) is 0 Å². The van der Waals surface area contributed by atoms with Gasteiger partial charge in [-0.05, 0) is 61.7 Å². The summed E-state index contributed by atoms with van der Waals surface area (Å²) in [5.74, 6) is 1.67. The van der Waals surface area contributed by atoms with Gasteiger partial charge < -0.3 is 10.5 Å². The number of hydrogen-bond donors (Lipinski definition) is 1. The van der Waals surface area contributed by atoms with Gasteiger partial charge >= 0.3 is 0 Å². The number of benzene rings is 2. The molecule has 0 saturated heterocycles. The first kappa shape index (κ1) is 14.1. The van der Waals surface area contributed by atoms with Crippen molar-refractivity contribution in [2.75, 3.05) is 0 Å². The topological polar surface area (TPSA) is 35.2 Å². The summed E-state index contributed by atoms with van der Waals surface area (Å²) in [4.78, 5) is 0. The van der Waals surface area contributed by atoms with E-state index in [2.05, 4.69) is 35.8 Å². The zero-order chi connectivity index (χ0) is 14.0. The van der Waals surface area contributed by atoms with Crippen LogP contribution in [0.4, 0.5) is 0 Å². The van der Waals surface area contributed by atoms with Gasteiger partial charge in [-0.2, -0.15) is 0 Å². The predicted octanol–water partition coefficient (Wildman–Crippen LogP) is 4.88. The van der Waals surface area contributed by atoms with E-state index < -0.39 is 0 Å². The van der Waals surface area contributed by atoms with E-state index in [0.29, 0.717) is 0 Å². The van der Waals surface area contributed by atoms with Crippen LogP contribution in [-0.2, 0) is 0 Å². The number of rotatable bonds is 3. The third kappa shape index (κ3) is 3.58. The molecule has 0 saturated carbocycles. The lowest BCUT2D eigenvalue weighted by Gasteiger charge is -2.12. The molecular formula is C16H18BrNO. The molecule has 0 amide bonds. The Kier molecular flexibility index (Phi) is 4.27. The lowest BCUT2D eigenvalue weighted by Crippen LogP contribution is -2.05. The molecule has 0 aliphatic heterocycles. The molecule has 0 aliphatic carbocycles. The summed E-state index contributed by atoms with van der Waals surface area (Å²) in [5.41, 5.74) is 9.35. The summed E-state index contributed by atoms with van der Waals surface area (Å²) in [6.07, 6.45) is 0. The third-order valence-electron chi connectivity index (χ3n) is 2.89. The van der Waals surface area contributed by atoms with Gasteiger partial charge in [0.05, 0.1) is 0 Å². The van der Waals surface area contributed by atoms with Gasteiger partial charge in [-0.1, -0.05) is 28.1 Å². The van der Waals surface area contributed by atoms with Gasteiger partial charge in [0.25, 0.3) is 0 Å². The van der Waals surface area contributed by atoms with E-state index in [9.17, 15) is 0 Å². The van der Waals surface area contributed by atoms with Gasteiger partial charge in [0, 0.05) is 10.5 Å². The Labute approximate surface area is 122 Å². The number of nitrogens with two attached hydrogens (primary N) is 1. The van der Waals surface area contributed by atoms with Crippen LogP contribution in [0.25, 0.3) is 0 Å². The van der Waals surface area contributed by atoms with Crippen molar-refractivity contribution in [3.63, 3.8) is 0 Å². The minimum absolute atomic E-state index is 0.00430.